The van der Waals surface area contributed by atoms with Gasteiger partial charge < -0.3 is 0 Å². The fourth-order valence-electron chi connectivity index (χ4n) is 2.12. The van der Waals surface area contributed by atoms with Crippen molar-refractivity contribution in [3.63, 3.8) is 0 Å². The van der Waals surface area contributed by atoms with Crippen molar-refractivity contribution in [3.8, 4) is 0 Å². The van der Waals surface area contributed by atoms with Gasteiger partial charge in [-0.3, -0.25) is 0 Å². The van der Waals surface area contributed by atoms with E-state index in [1.807, 2.05) is 19.1 Å². The summed E-state index contributed by atoms with van der Waals surface area (Å²) in [5, 5.41) is 0. The van der Waals surface area contributed by atoms with E-state index in [-0.39, 0.29) is 10.6 Å². The van der Waals surface area contributed by atoms with Gasteiger partial charge in [-0.1, -0.05) is 51.8 Å². The topological polar surface area (TPSA) is 0 Å². The Bertz CT molecular complexity index is 524. The van der Waals surface area contributed by atoms with Gasteiger partial charge in [0.2, 0.25) is 0 Å². The molecule has 0 radical (unpaired) electrons. The van der Waals surface area contributed by atoms with Gasteiger partial charge in [0, 0.05) is 5.56 Å². The predicted octanol–water partition coefficient (Wildman–Crippen LogP) is 5.24. The molecule has 2 aromatic rings. The highest BCUT2D eigenvalue weighted by Crippen LogP contribution is 2.34. The van der Waals surface area contributed by atoms with E-state index in [4.69, 9.17) is 0 Å². The number of hydrogen-bond acceptors (Lipinski definition) is 0. The normalized spacial score (nSPS) is 12.5. The highest BCUT2D eigenvalue weighted by atomic mass is 79.9. The van der Waals surface area contributed by atoms with E-state index in [0.29, 0.717) is 5.56 Å². The number of benzene rings is 2. The molecule has 0 bridgehead atoms. The van der Waals surface area contributed by atoms with Crippen LogP contribution in [0.1, 0.15) is 32.6 Å². The van der Waals surface area contributed by atoms with Crippen molar-refractivity contribution in [1.29, 1.82) is 0 Å². The SMILES string of the molecule is Cc1ccc(C(Br)c2ccc(C)cc2F)c(C)c1. The lowest BCUT2D eigenvalue weighted by atomic mass is 9.98. The van der Waals surface area contributed by atoms with Crippen molar-refractivity contribution in [3.05, 3.63) is 70.0 Å². The molecule has 94 valence electrons. The zero-order valence-corrected chi connectivity index (χ0v) is 12.4. The predicted molar refractivity (Wildman–Crippen MR) is 77.8 cm³/mol. The van der Waals surface area contributed by atoms with Crippen molar-refractivity contribution in [2.24, 2.45) is 0 Å². The van der Waals surface area contributed by atoms with Gasteiger partial charge in [-0.05, 0) is 43.5 Å². The minimum Gasteiger partial charge on any atom is -0.207 e. The molecule has 0 fully saturated rings. The Labute approximate surface area is 116 Å². The van der Waals surface area contributed by atoms with Gasteiger partial charge in [-0.25, -0.2) is 4.39 Å². The standard InChI is InChI=1S/C16H16BrF/c1-10-4-6-13(12(3)8-10)16(17)14-7-5-11(2)9-15(14)18/h4-9,16H,1-3H3. The highest BCUT2D eigenvalue weighted by Gasteiger charge is 2.16. The van der Waals surface area contributed by atoms with Gasteiger partial charge in [0.05, 0.1) is 4.83 Å². The third kappa shape index (κ3) is 2.64. The first-order chi connectivity index (χ1) is 8.49. The maximum atomic E-state index is 14.0. The molecular weight excluding hydrogens is 291 g/mol. The van der Waals surface area contributed by atoms with Crippen molar-refractivity contribution in [1.82, 2.24) is 0 Å². The number of halogens is 2. The van der Waals surface area contributed by atoms with Crippen LogP contribution in [0.5, 0.6) is 0 Å². The fourth-order valence-corrected chi connectivity index (χ4v) is 3.00. The second kappa shape index (κ2) is 5.23. The lowest BCUT2D eigenvalue weighted by Crippen LogP contribution is -1.99. The Morgan fingerprint density at radius 3 is 2.00 bits per heavy atom. The van der Waals surface area contributed by atoms with Crippen LogP contribution in [0.15, 0.2) is 36.4 Å². The van der Waals surface area contributed by atoms with E-state index in [2.05, 4.69) is 48.0 Å². The summed E-state index contributed by atoms with van der Waals surface area (Å²) in [6.45, 7) is 6.02. The van der Waals surface area contributed by atoms with Crippen LogP contribution >= 0.6 is 15.9 Å². The minimum atomic E-state index is -0.156. The number of hydrogen-bond donors (Lipinski definition) is 0. The monoisotopic (exact) mass is 306 g/mol. The first kappa shape index (κ1) is 13.3. The lowest BCUT2D eigenvalue weighted by Gasteiger charge is -2.15. The van der Waals surface area contributed by atoms with Gasteiger partial charge in [-0.15, -0.1) is 0 Å². The van der Waals surface area contributed by atoms with Crippen molar-refractivity contribution < 1.29 is 4.39 Å². The molecule has 0 aromatic heterocycles. The van der Waals surface area contributed by atoms with Crippen molar-refractivity contribution in [2.75, 3.05) is 0 Å². The van der Waals surface area contributed by atoms with E-state index >= 15 is 0 Å². The Morgan fingerprint density at radius 2 is 1.44 bits per heavy atom. The van der Waals surface area contributed by atoms with Crippen LogP contribution in [0.4, 0.5) is 4.39 Å². The second-order valence-electron chi connectivity index (χ2n) is 4.75. The smallest absolute Gasteiger partial charge is 0.128 e. The van der Waals surface area contributed by atoms with Gasteiger partial charge in [0.1, 0.15) is 5.82 Å². The molecular formula is C16H16BrF. The molecule has 0 N–H and O–H groups in total. The van der Waals surface area contributed by atoms with E-state index in [1.165, 1.54) is 11.1 Å². The number of rotatable bonds is 2. The van der Waals surface area contributed by atoms with Crippen LogP contribution in [-0.4, -0.2) is 0 Å². The maximum Gasteiger partial charge on any atom is 0.128 e. The summed E-state index contributed by atoms with van der Waals surface area (Å²) < 4.78 is 14.0. The Kier molecular flexibility index (Phi) is 3.86. The highest BCUT2D eigenvalue weighted by molar-refractivity contribution is 9.09. The minimum absolute atomic E-state index is 0.0984. The molecule has 2 heteroatoms. The largest absolute Gasteiger partial charge is 0.207 e. The zero-order chi connectivity index (χ0) is 13.3. The lowest BCUT2D eigenvalue weighted by molar-refractivity contribution is 0.612. The molecule has 0 nitrogen and oxygen atoms in total. The zero-order valence-electron chi connectivity index (χ0n) is 10.8. The molecule has 0 amide bonds. The van der Waals surface area contributed by atoms with Gasteiger partial charge >= 0.3 is 0 Å². The van der Waals surface area contributed by atoms with Crippen molar-refractivity contribution in [2.45, 2.75) is 25.6 Å². The molecule has 0 aliphatic rings. The average molecular weight is 307 g/mol. The summed E-state index contributed by atoms with van der Waals surface area (Å²) in [6, 6.07) is 11.6. The molecule has 1 unspecified atom stereocenters. The summed E-state index contributed by atoms with van der Waals surface area (Å²) >= 11 is 3.60. The Balaban J connectivity index is 2.44. The average Bonchev–Trinajstić information content (AvgIpc) is 2.28. The fraction of sp³-hybridized carbons (Fsp3) is 0.250. The molecule has 0 aliphatic heterocycles. The third-order valence-electron chi connectivity index (χ3n) is 3.13. The second-order valence-corrected chi connectivity index (χ2v) is 5.66. The molecule has 2 rings (SSSR count). The maximum absolute atomic E-state index is 14.0. The van der Waals surface area contributed by atoms with Crippen LogP contribution in [0, 0.1) is 26.6 Å². The molecule has 18 heavy (non-hydrogen) atoms. The molecule has 0 spiro atoms. The first-order valence-electron chi connectivity index (χ1n) is 5.96. The summed E-state index contributed by atoms with van der Waals surface area (Å²) in [4.78, 5) is -0.0984. The number of aryl methyl sites for hydroxylation is 3. The quantitative estimate of drug-likeness (QED) is 0.666. The van der Waals surface area contributed by atoms with Gasteiger partial charge in [0.15, 0.2) is 0 Å². The Hall–Kier alpha value is -1.15. The van der Waals surface area contributed by atoms with Gasteiger partial charge in [-0.2, -0.15) is 0 Å². The number of alkyl halides is 1. The van der Waals surface area contributed by atoms with E-state index < -0.39 is 0 Å². The van der Waals surface area contributed by atoms with Crippen molar-refractivity contribution >= 4 is 15.9 Å². The Morgan fingerprint density at radius 1 is 0.889 bits per heavy atom. The molecule has 0 saturated carbocycles. The van der Waals surface area contributed by atoms with Crippen LogP contribution in [0.2, 0.25) is 0 Å². The summed E-state index contributed by atoms with van der Waals surface area (Å²) in [5.74, 6) is -0.156. The molecule has 2 aromatic carbocycles. The van der Waals surface area contributed by atoms with Crippen LogP contribution in [0.3, 0.4) is 0 Å². The van der Waals surface area contributed by atoms with Crippen LogP contribution in [0.25, 0.3) is 0 Å². The summed E-state index contributed by atoms with van der Waals surface area (Å²) in [7, 11) is 0. The van der Waals surface area contributed by atoms with E-state index in [9.17, 15) is 4.39 Å². The van der Waals surface area contributed by atoms with E-state index in [1.54, 1.807) is 6.07 Å². The molecule has 1 atom stereocenters. The molecule has 0 saturated heterocycles. The van der Waals surface area contributed by atoms with Gasteiger partial charge in [0.25, 0.3) is 0 Å². The summed E-state index contributed by atoms with van der Waals surface area (Å²) in [6.07, 6.45) is 0. The first-order valence-corrected chi connectivity index (χ1v) is 6.88. The molecule has 0 heterocycles. The third-order valence-corrected chi connectivity index (χ3v) is 4.11. The van der Waals surface area contributed by atoms with E-state index in [0.717, 1.165) is 11.1 Å². The van der Waals surface area contributed by atoms with Crippen LogP contribution in [-0.2, 0) is 0 Å². The summed E-state index contributed by atoms with van der Waals surface area (Å²) in [5.41, 5.74) is 5.14. The molecule has 0 aliphatic carbocycles. The van der Waals surface area contributed by atoms with Crippen LogP contribution < -0.4 is 0 Å².